The maximum Gasteiger partial charge on any atom is 0.223 e. The lowest BCUT2D eigenvalue weighted by Gasteiger charge is -2.30. The van der Waals surface area contributed by atoms with E-state index in [0.717, 1.165) is 19.3 Å². The van der Waals surface area contributed by atoms with E-state index in [1.54, 1.807) is 0 Å². The van der Waals surface area contributed by atoms with E-state index in [4.69, 9.17) is 5.11 Å². The molecule has 0 atom stereocenters. The minimum Gasteiger partial charge on any atom is -0.395 e. The topological polar surface area (TPSA) is 40.5 Å². The summed E-state index contributed by atoms with van der Waals surface area (Å²) in [5.41, 5.74) is 1.18. The highest BCUT2D eigenvalue weighted by atomic mass is 16.3. The van der Waals surface area contributed by atoms with Gasteiger partial charge in [-0.05, 0) is 24.8 Å². The van der Waals surface area contributed by atoms with Crippen molar-refractivity contribution in [2.45, 2.75) is 45.6 Å². The van der Waals surface area contributed by atoms with Crippen LogP contribution in [0.4, 0.5) is 0 Å². The van der Waals surface area contributed by atoms with E-state index in [1.807, 2.05) is 35.2 Å². The third-order valence-electron chi connectivity index (χ3n) is 3.51. The molecule has 0 saturated carbocycles. The molecule has 0 radical (unpaired) electrons. The largest absolute Gasteiger partial charge is 0.395 e. The number of aliphatic hydroxyl groups excluding tert-OH is 1. The van der Waals surface area contributed by atoms with Crippen molar-refractivity contribution in [1.29, 1.82) is 0 Å². The van der Waals surface area contributed by atoms with E-state index in [-0.39, 0.29) is 18.6 Å². The lowest BCUT2D eigenvalue weighted by atomic mass is 10.1. The smallest absolute Gasteiger partial charge is 0.223 e. The van der Waals surface area contributed by atoms with Crippen molar-refractivity contribution in [3.63, 3.8) is 0 Å². The van der Waals surface area contributed by atoms with E-state index in [9.17, 15) is 4.79 Å². The molecule has 0 aromatic heterocycles. The highest BCUT2D eigenvalue weighted by Gasteiger charge is 2.19. The van der Waals surface area contributed by atoms with E-state index in [1.165, 1.54) is 5.56 Å². The van der Waals surface area contributed by atoms with Gasteiger partial charge in [-0.1, -0.05) is 44.2 Å². The van der Waals surface area contributed by atoms with Gasteiger partial charge in [-0.25, -0.2) is 0 Å². The number of hydrogen-bond donors (Lipinski definition) is 1. The van der Waals surface area contributed by atoms with Gasteiger partial charge in [-0.2, -0.15) is 0 Å². The molecule has 1 aromatic rings. The third kappa shape index (κ3) is 5.03. The fourth-order valence-electron chi connectivity index (χ4n) is 2.39. The Morgan fingerprint density at radius 3 is 2.37 bits per heavy atom. The molecule has 106 valence electrons. The molecule has 0 aliphatic heterocycles. The van der Waals surface area contributed by atoms with Crippen molar-refractivity contribution in [2.75, 3.05) is 13.2 Å². The van der Waals surface area contributed by atoms with E-state index >= 15 is 0 Å². The van der Waals surface area contributed by atoms with Gasteiger partial charge in [0.2, 0.25) is 5.91 Å². The lowest BCUT2D eigenvalue weighted by Crippen LogP contribution is -2.41. The van der Waals surface area contributed by atoms with E-state index < -0.39 is 0 Å². The predicted octanol–water partition coefficient (Wildman–Crippen LogP) is 2.63. The number of carbonyl (C=O) groups excluding carboxylic acids is 1. The number of benzene rings is 1. The molecule has 0 fully saturated rings. The molecule has 1 N–H and O–H groups in total. The first-order valence-electron chi connectivity index (χ1n) is 7.17. The molecule has 3 heteroatoms. The molecule has 0 aliphatic carbocycles. The van der Waals surface area contributed by atoms with Crippen LogP contribution in [0.2, 0.25) is 0 Å². The molecule has 0 spiro atoms. The number of aryl methyl sites for hydroxylation is 1. The third-order valence-corrected chi connectivity index (χ3v) is 3.51. The van der Waals surface area contributed by atoms with Crippen LogP contribution in [0.3, 0.4) is 0 Å². The first-order valence-corrected chi connectivity index (χ1v) is 7.17. The van der Waals surface area contributed by atoms with Crippen LogP contribution in [0.15, 0.2) is 30.3 Å². The SMILES string of the molecule is CCC(CC)N(CCO)C(=O)CCc1ccccc1. The van der Waals surface area contributed by atoms with Crippen molar-refractivity contribution >= 4 is 5.91 Å². The number of hydrogen-bond acceptors (Lipinski definition) is 2. The summed E-state index contributed by atoms with van der Waals surface area (Å²) in [7, 11) is 0. The maximum absolute atomic E-state index is 12.3. The summed E-state index contributed by atoms with van der Waals surface area (Å²) < 4.78 is 0. The zero-order valence-electron chi connectivity index (χ0n) is 12.0. The highest BCUT2D eigenvalue weighted by molar-refractivity contribution is 5.76. The van der Waals surface area contributed by atoms with Crippen LogP contribution in [-0.2, 0) is 11.2 Å². The summed E-state index contributed by atoms with van der Waals surface area (Å²) >= 11 is 0. The molecule has 1 amide bonds. The fraction of sp³-hybridized carbons (Fsp3) is 0.562. The Labute approximate surface area is 116 Å². The van der Waals surface area contributed by atoms with Gasteiger partial charge < -0.3 is 10.0 Å². The summed E-state index contributed by atoms with van der Waals surface area (Å²) in [6.07, 6.45) is 3.16. The zero-order valence-corrected chi connectivity index (χ0v) is 12.0. The molecule has 1 aromatic carbocycles. The number of amides is 1. The van der Waals surface area contributed by atoms with Crippen LogP contribution in [-0.4, -0.2) is 35.1 Å². The summed E-state index contributed by atoms with van der Waals surface area (Å²) in [5, 5.41) is 9.12. The van der Waals surface area contributed by atoms with Crippen LogP contribution >= 0.6 is 0 Å². The molecular weight excluding hydrogens is 238 g/mol. The van der Waals surface area contributed by atoms with Crippen LogP contribution in [0.5, 0.6) is 0 Å². The van der Waals surface area contributed by atoms with Crippen molar-refractivity contribution in [1.82, 2.24) is 4.90 Å². The van der Waals surface area contributed by atoms with Crippen LogP contribution in [0, 0.1) is 0 Å². The predicted molar refractivity (Wildman–Crippen MR) is 77.9 cm³/mol. The van der Waals surface area contributed by atoms with Gasteiger partial charge >= 0.3 is 0 Å². The minimum atomic E-state index is 0.0353. The Balaban J connectivity index is 2.57. The Morgan fingerprint density at radius 2 is 1.84 bits per heavy atom. The Kier molecular flexibility index (Phi) is 7.19. The van der Waals surface area contributed by atoms with Gasteiger partial charge in [0.1, 0.15) is 0 Å². The molecule has 3 nitrogen and oxygen atoms in total. The number of aliphatic hydroxyl groups is 1. The Bertz CT molecular complexity index is 360. The van der Waals surface area contributed by atoms with Gasteiger partial charge in [0.15, 0.2) is 0 Å². The Morgan fingerprint density at radius 1 is 1.21 bits per heavy atom. The molecule has 19 heavy (non-hydrogen) atoms. The number of rotatable bonds is 8. The van der Waals surface area contributed by atoms with E-state index in [0.29, 0.717) is 13.0 Å². The molecule has 0 aliphatic rings. The maximum atomic E-state index is 12.3. The van der Waals surface area contributed by atoms with Crippen molar-refractivity contribution < 1.29 is 9.90 Å². The van der Waals surface area contributed by atoms with Gasteiger partial charge in [-0.15, -0.1) is 0 Å². The molecule has 1 rings (SSSR count). The van der Waals surface area contributed by atoms with E-state index in [2.05, 4.69) is 13.8 Å². The zero-order chi connectivity index (χ0) is 14.1. The summed E-state index contributed by atoms with van der Waals surface area (Å²) in [6, 6.07) is 10.3. The van der Waals surface area contributed by atoms with Gasteiger partial charge in [-0.3, -0.25) is 4.79 Å². The average Bonchev–Trinajstić information content (AvgIpc) is 2.46. The average molecular weight is 263 g/mol. The quantitative estimate of drug-likeness (QED) is 0.783. The lowest BCUT2D eigenvalue weighted by molar-refractivity contribution is -0.134. The molecule has 0 unspecified atom stereocenters. The molecule has 0 heterocycles. The van der Waals surface area contributed by atoms with Gasteiger partial charge in [0.05, 0.1) is 6.61 Å². The highest BCUT2D eigenvalue weighted by Crippen LogP contribution is 2.12. The van der Waals surface area contributed by atoms with Crippen molar-refractivity contribution in [3.05, 3.63) is 35.9 Å². The normalized spacial score (nSPS) is 10.7. The second-order valence-electron chi connectivity index (χ2n) is 4.77. The Hall–Kier alpha value is -1.35. The molecule has 0 saturated heterocycles. The van der Waals surface area contributed by atoms with Crippen LogP contribution < -0.4 is 0 Å². The fourth-order valence-corrected chi connectivity index (χ4v) is 2.39. The monoisotopic (exact) mass is 263 g/mol. The number of carbonyl (C=O) groups is 1. The first kappa shape index (κ1) is 15.7. The van der Waals surface area contributed by atoms with Gasteiger partial charge in [0, 0.05) is 19.0 Å². The summed E-state index contributed by atoms with van der Waals surface area (Å²) in [4.78, 5) is 14.1. The van der Waals surface area contributed by atoms with Crippen molar-refractivity contribution in [2.24, 2.45) is 0 Å². The van der Waals surface area contributed by atoms with Crippen LogP contribution in [0.1, 0.15) is 38.7 Å². The van der Waals surface area contributed by atoms with Gasteiger partial charge in [0.25, 0.3) is 0 Å². The van der Waals surface area contributed by atoms with Crippen LogP contribution in [0.25, 0.3) is 0 Å². The standard InChI is InChI=1S/C16H25NO2/c1-3-15(4-2)17(12-13-18)16(19)11-10-14-8-6-5-7-9-14/h5-9,15,18H,3-4,10-13H2,1-2H3. The number of nitrogens with zero attached hydrogens (tertiary/aromatic N) is 1. The second kappa shape index (κ2) is 8.70. The summed E-state index contributed by atoms with van der Waals surface area (Å²) in [5.74, 6) is 0.145. The molecular formula is C16H25NO2. The van der Waals surface area contributed by atoms with Crippen molar-refractivity contribution in [3.8, 4) is 0 Å². The summed E-state index contributed by atoms with van der Waals surface area (Å²) in [6.45, 7) is 4.65. The minimum absolute atomic E-state index is 0.0353. The first-order chi connectivity index (χ1) is 9.22. The second-order valence-corrected chi connectivity index (χ2v) is 4.77. The molecule has 0 bridgehead atoms.